The van der Waals surface area contributed by atoms with Crippen molar-refractivity contribution in [3.63, 3.8) is 0 Å². The van der Waals surface area contributed by atoms with Crippen LogP contribution in [-0.2, 0) is 11.0 Å². The molecule has 0 aromatic heterocycles. The van der Waals surface area contributed by atoms with Gasteiger partial charge in [-0.25, -0.2) is 0 Å². The number of benzene rings is 1. The fraction of sp³-hybridized carbons (Fsp3) is 0.231. The van der Waals surface area contributed by atoms with Gasteiger partial charge >= 0.3 is 6.18 Å². The average Bonchev–Trinajstić information content (AvgIpc) is 2.45. The number of nitrogens with one attached hydrogen (secondary N) is 2. The van der Waals surface area contributed by atoms with E-state index in [9.17, 15) is 18.0 Å². The lowest BCUT2D eigenvalue weighted by Crippen LogP contribution is -2.26. The molecule has 0 bridgehead atoms. The van der Waals surface area contributed by atoms with Crippen molar-refractivity contribution in [1.82, 2.24) is 5.32 Å². The van der Waals surface area contributed by atoms with Crippen molar-refractivity contribution in [3.05, 3.63) is 40.6 Å². The summed E-state index contributed by atoms with van der Waals surface area (Å²) in [4.78, 5) is 11.5. The highest BCUT2D eigenvalue weighted by atomic mass is 35.5. The van der Waals surface area contributed by atoms with Crippen molar-refractivity contribution < 1.29 is 18.0 Å². The quantitative estimate of drug-likeness (QED) is 0.484. The molecule has 0 saturated carbocycles. The van der Waals surface area contributed by atoms with Crippen LogP contribution in [0.4, 0.5) is 18.9 Å². The molecule has 0 saturated heterocycles. The van der Waals surface area contributed by atoms with E-state index in [1.54, 1.807) is 6.07 Å². The molecule has 4 nitrogen and oxygen atoms in total. The number of nitriles is 1. The van der Waals surface area contributed by atoms with E-state index in [-0.39, 0.29) is 28.7 Å². The normalized spacial score (nSPS) is 11.7. The van der Waals surface area contributed by atoms with Crippen molar-refractivity contribution >= 4 is 34.8 Å². The van der Waals surface area contributed by atoms with E-state index in [0.29, 0.717) is 0 Å². The maximum absolute atomic E-state index is 12.9. The van der Waals surface area contributed by atoms with Crippen LogP contribution in [0.25, 0.3) is 0 Å². The Kier molecular flexibility index (Phi) is 6.53. The number of anilines is 1. The van der Waals surface area contributed by atoms with E-state index in [2.05, 4.69) is 10.6 Å². The summed E-state index contributed by atoms with van der Waals surface area (Å²) in [6.45, 7) is 0.133. The summed E-state index contributed by atoms with van der Waals surface area (Å²) in [5.41, 5.74) is -1.71. The summed E-state index contributed by atoms with van der Waals surface area (Å²) in [5, 5.41) is 13.4. The van der Waals surface area contributed by atoms with Gasteiger partial charge in [0.25, 0.3) is 5.91 Å². The number of nitrogens with zero attached hydrogens (tertiary/aromatic N) is 1. The highest BCUT2D eigenvalue weighted by Crippen LogP contribution is 2.36. The van der Waals surface area contributed by atoms with E-state index >= 15 is 0 Å². The molecular formula is C13H10Cl2F3N3O. The molecule has 22 heavy (non-hydrogen) atoms. The molecule has 0 atom stereocenters. The molecule has 0 aliphatic heterocycles. The molecule has 0 unspecified atom stereocenters. The maximum atomic E-state index is 12.9. The van der Waals surface area contributed by atoms with E-state index in [1.807, 2.05) is 0 Å². The Balaban J connectivity index is 3.02. The molecule has 1 rings (SSSR count). The number of carbonyl (C=O) groups is 1. The number of rotatable bonds is 5. The van der Waals surface area contributed by atoms with Gasteiger partial charge in [0, 0.05) is 23.6 Å². The molecule has 0 aliphatic rings. The molecule has 1 aromatic rings. The first-order valence-corrected chi connectivity index (χ1v) is 6.78. The van der Waals surface area contributed by atoms with Crippen molar-refractivity contribution in [3.8, 4) is 6.07 Å². The predicted octanol–water partition coefficient (Wildman–Crippen LogP) is 3.53. The molecule has 0 aliphatic carbocycles. The first-order chi connectivity index (χ1) is 10.3. The van der Waals surface area contributed by atoms with Crippen molar-refractivity contribution in [2.75, 3.05) is 17.7 Å². The minimum Gasteiger partial charge on any atom is -0.360 e. The molecule has 0 radical (unpaired) electrons. The third kappa shape index (κ3) is 5.13. The van der Waals surface area contributed by atoms with E-state index in [4.69, 9.17) is 28.5 Å². The Morgan fingerprint density at radius 1 is 1.41 bits per heavy atom. The van der Waals surface area contributed by atoms with Gasteiger partial charge in [-0.3, -0.25) is 4.79 Å². The Morgan fingerprint density at radius 3 is 2.64 bits per heavy atom. The van der Waals surface area contributed by atoms with Crippen molar-refractivity contribution in [1.29, 1.82) is 5.26 Å². The second-order valence-corrected chi connectivity index (χ2v) is 4.76. The number of amides is 1. The van der Waals surface area contributed by atoms with E-state index in [1.165, 1.54) is 6.07 Å². The zero-order valence-electron chi connectivity index (χ0n) is 11.0. The maximum Gasteiger partial charge on any atom is 0.418 e. The first kappa shape index (κ1) is 18.1. The van der Waals surface area contributed by atoms with Crippen LogP contribution in [-0.4, -0.2) is 18.3 Å². The van der Waals surface area contributed by atoms with Crippen LogP contribution in [0, 0.1) is 11.3 Å². The summed E-state index contributed by atoms with van der Waals surface area (Å²) >= 11 is 10.9. The van der Waals surface area contributed by atoms with Gasteiger partial charge in [-0.2, -0.15) is 18.4 Å². The number of hydrogen-bond acceptors (Lipinski definition) is 3. The summed E-state index contributed by atoms with van der Waals surface area (Å²) in [5.74, 6) is -0.592. The zero-order chi connectivity index (χ0) is 16.8. The molecule has 0 fully saturated rings. The van der Waals surface area contributed by atoms with Gasteiger partial charge in [0.1, 0.15) is 11.6 Å². The molecule has 0 spiro atoms. The van der Waals surface area contributed by atoms with Crippen molar-refractivity contribution in [2.45, 2.75) is 6.18 Å². The van der Waals surface area contributed by atoms with E-state index in [0.717, 1.165) is 18.3 Å². The Bertz CT molecular complexity index is 624. The summed E-state index contributed by atoms with van der Waals surface area (Å²) in [7, 11) is 0. The molecule has 9 heteroatoms. The van der Waals surface area contributed by atoms with Crippen LogP contribution >= 0.6 is 23.2 Å². The second kappa shape index (κ2) is 7.92. The number of hydrogen-bond donors (Lipinski definition) is 2. The number of alkyl halides is 4. The molecule has 2 N–H and O–H groups in total. The highest BCUT2D eigenvalue weighted by molar-refractivity contribution is 6.30. The summed E-state index contributed by atoms with van der Waals surface area (Å²) in [6.07, 6.45) is -3.74. The standard InChI is InChI=1S/C13H10Cl2F3N3O/c14-3-4-20-12(22)8(6-19)7-21-11-2-1-9(15)5-10(11)13(16,17)18/h1-2,5,7,21H,3-4H2,(H,20,22)/b8-7-. The summed E-state index contributed by atoms with van der Waals surface area (Å²) < 4.78 is 38.6. The largest absolute Gasteiger partial charge is 0.418 e. The van der Waals surface area contributed by atoms with Crippen LogP contribution in [0.15, 0.2) is 30.0 Å². The van der Waals surface area contributed by atoms with Crippen LogP contribution < -0.4 is 10.6 Å². The summed E-state index contributed by atoms with van der Waals surface area (Å²) in [6, 6.07) is 4.70. The lowest BCUT2D eigenvalue weighted by molar-refractivity contribution is -0.136. The van der Waals surface area contributed by atoms with Gasteiger partial charge in [-0.15, -0.1) is 11.6 Å². The Hall–Kier alpha value is -1.91. The molecule has 1 aromatic carbocycles. The molecule has 1 amide bonds. The molecule has 0 heterocycles. The SMILES string of the molecule is N#C/C(=C/Nc1ccc(Cl)cc1C(F)(F)F)C(=O)NCCCl. The van der Waals surface area contributed by atoms with E-state index < -0.39 is 17.6 Å². The first-order valence-electron chi connectivity index (χ1n) is 5.87. The Labute approximate surface area is 134 Å². The Morgan fingerprint density at radius 2 is 2.09 bits per heavy atom. The average molecular weight is 352 g/mol. The lowest BCUT2D eigenvalue weighted by Gasteiger charge is -2.13. The minimum atomic E-state index is -4.63. The van der Waals surface area contributed by atoms with Gasteiger partial charge in [-0.05, 0) is 18.2 Å². The van der Waals surface area contributed by atoms with Crippen LogP contribution in [0.2, 0.25) is 5.02 Å². The fourth-order valence-electron chi connectivity index (χ4n) is 1.43. The van der Waals surface area contributed by atoms with Crippen LogP contribution in [0.3, 0.4) is 0 Å². The second-order valence-electron chi connectivity index (χ2n) is 3.95. The predicted molar refractivity (Wildman–Crippen MR) is 77.5 cm³/mol. The van der Waals surface area contributed by atoms with Gasteiger partial charge in [0.15, 0.2) is 0 Å². The van der Waals surface area contributed by atoms with Crippen molar-refractivity contribution in [2.24, 2.45) is 0 Å². The van der Waals surface area contributed by atoms with Crippen LogP contribution in [0.1, 0.15) is 5.56 Å². The van der Waals surface area contributed by atoms with Gasteiger partial charge in [-0.1, -0.05) is 11.6 Å². The monoisotopic (exact) mass is 351 g/mol. The van der Waals surface area contributed by atoms with Gasteiger partial charge in [0.05, 0.1) is 11.3 Å². The third-order valence-corrected chi connectivity index (χ3v) is 2.83. The van der Waals surface area contributed by atoms with Gasteiger partial charge in [0.2, 0.25) is 0 Å². The molecular weight excluding hydrogens is 342 g/mol. The fourth-order valence-corrected chi connectivity index (χ4v) is 1.70. The van der Waals surface area contributed by atoms with Gasteiger partial charge < -0.3 is 10.6 Å². The highest BCUT2D eigenvalue weighted by Gasteiger charge is 2.33. The smallest absolute Gasteiger partial charge is 0.360 e. The minimum absolute atomic E-state index is 0.0813. The number of halogens is 5. The third-order valence-electron chi connectivity index (χ3n) is 2.40. The zero-order valence-corrected chi connectivity index (χ0v) is 12.5. The number of carbonyl (C=O) groups excluding carboxylic acids is 1. The molecule has 118 valence electrons. The topological polar surface area (TPSA) is 64.9 Å². The lowest BCUT2D eigenvalue weighted by atomic mass is 10.1. The van der Waals surface area contributed by atoms with Crippen LogP contribution in [0.5, 0.6) is 0 Å².